The molecule has 196 valence electrons. The molecule has 1 saturated heterocycles. The quantitative estimate of drug-likeness (QED) is 0.383. The fraction of sp³-hybridized carbons (Fsp3) is 0.346. The van der Waals surface area contributed by atoms with Gasteiger partial charge in [0.05, 0.1) is 23.0 Å². The third kappa shape index (κ3) is 5.24. The molecule has 2 N–H and O–H groups in total. The summed E-state index contributed by atoms with van der Waals surface area (Å²) >= 11 is 0. The molecule has 1 fully saturated rings. The first-order valence-corrected chi connectivity index (χ1v) is 12.1. The number of hydrogen-bond donors (Lipinski definition) is 2. The number of aromatic amines is 1. The number of nitrogens with zero attached hydrogens (tertiary/aromatic N) is 7. The van der Waals surface area contributed by atoms with Crippen molar-refractivity contribution in [1.29, 1.82) is 5.26 Å². The summed E-state index contributed by atoms with van der Waals surface area (Å²) in [6.45, 7) is 2.31. The van der Waals surface area contributed by atoms with Crippen molar-refractivity contribution in [1.82, 2.24) is 29.8 Å². The van der Waals surface area contributed by atoms with Crippen LogP contribution in [0.1, 0.15) is 29.5 Å². The van der Waals surface area contributed by atoms with Gasteiger partial charge < -0.3 is 20.1 Å². The van der Waals surface area contributed by atoms with Gasteiger partial charge in [-0.1, -0.05) is 6.07 Å². The molecule has 1 aliphatic heterocycles. The fourth-order valence-corrected chi connectivity index (χ4v) is 4.61. The molecule has 0 aliphatic carbocycles. The molecular weight excluding hydrogens is 495 g/mol. The van der Waals surface area contributed by atoms with Crippen molar-refractivity contribution in [3.05, 3.63) is 59.7 Å². The lowest BCUT2D eigenvalue weighted by atomic mass is 10.0. The summed E-state index contributed by atoms with van der Waals surface area (Å²) < 4.78 is 39.8. The van der Waals surface area contributed by atoms with E-state index in [4.69, 9.17) is 0 Å². The van der Waals surface area contributed by atoms with Gasteiger partial charge in [-0.25, -0.2) is 19.9 Å². The minimum absolute atomic E-state index is 0.137. The van der Waals surface area contributed by atoms with Gasteiger partial charge in [0, 0.05) is 55.2 Å². The number of H-pyrrole nitrogens is 1. The number of rotatable bonds is 6. The normalized spacial score (nSPS) is 14.7. The zero-order chi connectivity index (χ0) is 26.9. The van der Waals surface area contributed by atoms with Gasteiger partial charge in [0.1, 0.15) is 17.5 Å². The second kappa shape index (κ2) is 10.3. The van der Waals surface area contributed by atoms with E-state index in [2.05, 4.69) is 54.1 Å². The largest absolute Gasteiger partial charge is 0.417 e. The Hall–Kier alpha value is -4.24. The van der Waals surface area contributed by atoms with E-state index in [0.29, 0.717) is 18.2 Å². The highest BCUT2D eigenvalue weighted by molar-refractivity contribution is 5.94. The summed E-state index contributed by atoms with van der Waals surface area (Å²) in [5, 5.41) is 12.9. The van der Waals surface area contributed by atoms with Crippen LogP contribution < -0.4 is 10.2 Å². The molecule has 0 saturated carbocycles. The molecule has 5 rings (SSSR count). The summed E-state index contributed by atoms with van der Waals surface area (Å²) in [6.07, 6.45) is 3.07. The van der Waals surface area contributed by atoms with Gasteiger partial charge in [-0.05, 0) is 44.6 Å². The molecule has 4 aromatic rings. The van der Waals surface area contributed by atoms with E-state index < -0.39 is 11.7 Å². The van der Waals surface area contributed by atoms with Gasteiger partial charge in [0.2, 0.25) is 5.95 Å². The summed E-state index contributed by atoms with van der Waals surface area (Å²) in [5.74, 6) is 1.18. The molecule has 0 amide bonds. The van der Waals surface area contributed by atoms with E-state index in [0.717, 1.165) is 49.6 Å². The average Bonchev–Trinajstić information content (AvgIpc) is 3.35. The number of hydrogen-bond acceptors (Lipinski definition) is 8. The van der Waals surface area contributed by atoms with Crippen LogP contribution in [0, 0.1) is 11.3 Å². The van der Waals surface area contributed by atoms with Crippen molar-refractivity contribution < 1.29 is 13.2 Å². The highest BCUT2D eigenvalue weighted by Gasteiger charge is 2.31. The molecule has 0 spiro atoms. The first-order chi connectivity index (χ1) is 18.2. The number of pyridine rings is 2. The van der Waals surface area contributed by atoms with Crippen molar-refractivity contribution in [2.24, 2.45) is 0 Å². The van der Waals surface area contributed by atoms with E-state index in [1.54, 1.807) is 6.20 Å². The topological polar surface area (TPSA) is 110 Å². The summed E-state index contributed by atoms with van der Waals surface area (Å²) in [6, 6.07) is 7.59. The zero-order valence-corrected chi connectivity index (χ0v) is 20.9. The minimum Gasteiger partial charge on any atom is -0.357 e. The maximum Gasteiger partial charge on any atom is 0.417 e. The molecule has 1 aliphatic rings. The Balaban J connectivity index is 1.32. The molecule has 38 heavy (non-hydrogen) atoms. The monoisotopic (exact) mass is 521 g/mol. The zero-order valence-electron chi connectivity index (χ0n) is 20.9. The third-order valence-electron chi connectivity index (χ3n) is 6.80. The van der Waals surface area contributed by atoms with E-state index in [-0.39, 0.29) is 28.2 Å². The van der Waals surface area contributed by atoms with E-state index in [9.17, 15) is 18.4 Å². The van der Waals surface area contributed by atoms with Crippen molar-refractivity contribution in [3.8, 4) is 17.3 Å². The second-order valence-corrected chi connectivity index (χ2v) is 9.45. The predicted molar refractivity (Wildman–Crippen MR) is 137 cm³/mol. The molecule has 5 heterocycles. The predicted octanol–water partition coefficient (Wildman–Crippen LogP) is 4.45. The van der Waals surface area contributed by atoms with Crippen LogP contribution in [0.15, 0.2) is 43.0 Å². The number of halogens is 3. The number of nitriles is 1. The molecular formula is C26H26F3N9. The van der Waals surface area contributed by atoms with Crippen molar-refractivity contribution in [3.63, 3.8) is 0 Å². The molecule has 0 unspecified atom stereocenters. The van der Waals surface area contributed by atoms with Crippen LogP contribution in [0.25, 0.3) is 22.3 Å². The van der Waals surface area contributed by atoms with Crippen LogP contribution >= 0.6 is 0 Å². The standard InChI is InChI=1S/C26H26F3N9/c1-37(2)19-5-7-38(8-6-19)22-4-3-16(11-31-22)12-34-25-35-13-17(10-30)23(36-25)21-15-33-24-20(21)9-18(14-32-24)26(27,28)29/h3-4,9,11,13-15,19H,5-8,12H2,1-2H3,(H,32,33)(H,34,35,36). The van der Waals surface area contributed by atoms with Gasteiger partial charge in [0.15, 0.2) is 0 Å². The Morgan fingerprint density at radius 1 is 1.13 bits per heavy atom. The maximum absolute atomic E-state index is 13.3. The van der Waals surface area contributed by atoms with Crippen LogP contribution in [-0.4, -0.2) is 63.0 Å². The Morgan fingerprint density at radius 3 is 2.58 bits per heavy atom. The van der Waals surface area contributed by atoms with Crippen molar-refractivity contribution >= 4 is 22.8 Å². The molecule has 0 aromatic carbocycles. The highest BCUT2D eigenvalue weighted by Crippen LogP contribution is 2.34. The summed E-state index contributed by atoms with van der Waals surface area (Å²) in [7, 11) is 4.23. The number of fused-ring (bicyclic) bond motifs is 1. The third-order valence-corrected chi connectivity index (χ3v) is 6.80. The lowest BCUT2D eigenvalue weighted by molar-refractivity contribution is -0.137. The Bertz CT molecular complexity index is 1460. The summed E-state index contributed by atoms with van der Waals surface area (Å²) in [4.78, 5) is 24.5. The van der Waals surface area contributed by atoms with Gasteiger partial charge in [-0.3, -0.25) is 0 Å². The molecule has 9 nitrogen and oxygen atoms in total. The van der Waals surface area contributed by atoms with E-state index in [1.807, 2.05) is 18.2 Å². The maximum atomic E-state index is 13.3. The number of alkyl halides is 3. The second-order valence-electron chi connectivity index (χ2n) is 9.45. The lowest BCUT2D eigenvalue weighted by Gasteiger charge is -2.35. The summed E-state index contributed by atoms with van der Waals surface area (Å²) in [5.41, 5.74) is 0.990. The first-order valence-electron chi connectivity index (χ1n) is 12.1. The van der Waals surface area contributed by atoms with E-state index in [1.165, 1.54) is 12.4 Å². The molecule has 4 aromatic heterocycles. The number of piperidine rings is 1. The fourth-order valence-electron chi connectivity index (χ4n) is 4.61. The Kier molecular flexibility index (Phi) is 6.86. The van der Waals surface area contributed by atoms with Crippen LogP contribution in [0.4, 0.5) is 24.9 Å². The lowest BCUT2D eigenvalue weighted by Crippen LogP contribution is -2.42. The van der Waals surface area contributed by atoms with Crippen molar-refractivity contribution in [2.45, 2.75) is 31.6 Å². The number of anilines is 2. The van der Waals surface area contributed by atoms with Gasteiger partial charge in [-0.2, -0.15) is 18.4 Å². The smallest absolute Gasteiger partial charge is 0.357 e. The van der Waals surface area contributed by atoms with Gasteiger partial charge >= 0.3 is 6.18 Å². The molecule has 12 heteroatoms. The highest BCUT2D eigenvalue weighted by atomic mass is 19.4. The van der Waals surface area contributed by atoms with Crippen LogP contribution in [0.5, 0.6) is 0 Å². The van der Waals surface area contributed by atoms with Crippen LogP contribution in [0.3, 0.4) is 0 Å². The van der Waals surface area contributed by atoms with Gasteiger partial charge in [0.25, 0.3) is 0 Å². The Labute approximate surface area is 217 Å². The number of nitrogens with one attached hydrogen (secondary N) is 2. The Morgan fingerprint density at radius 2 is 1.92 bits per heavy atom. The van der Waals surface area contributed by atoms with Crippen LogP contribution in [0.2, 0.25) is 0 Å². The average molecular weight is 522 g/mol. The molecule has 0 bridgehead atoms. The van der Waals surface area contributed by atoms with Crippen molar-refractivity contribution in [2.75, 3.05) is 37.4 Å². The minimum atomic E-state index is -4.54. The van der Waals surface area contributed by atoms with Crippen LogP contribution in [-0.2, 0) is 12.7 Å². The SMILES string of the molecule is CN(C)C1CCN(c2ccc(CNc3ncc(C#N)c(-c4c[nH]c5ncc(C(F)(F)F)cc45)n3)cn2)CC1. The molecule has 0 atom stereocenters. The number of aromatic nitrogens is 5. The first kappa shape index (κ1) is 25.4. The van der Waals surface area contributed by atoms with Gasteiger partial charge in [-0.15, -0.1) is 0 Å². The van der Waals surface area contributed by atoms with E-state index >= 15 is 0 Å². The molecule has 0 radical (unpaired) electrons.